The molecule has 3 N–H and O–H groups in total. The summed E-state index contributed by atoms with van der Waals surface area (Å²) in [5, 5.41) is 8.07. The summed E-state index contributed by atoms with van der Waals surface area (Å²) < 4.78 is 41.5. The van der Waals surface area contributed by atoms with Gasteiger partial charge >= 0.3 is 6.18 Å². The summed E-state index contributed by atoms with van der Waals surface area (Å²) in [6.45, 7) is 9.83. The van der Waals surface area contributed by atoms with Gasteiger partial charge in [0.2, 0.25) is 70.9 Å². The van der Waals surface area contributed by atoms with Crippen molar-refractivity contribution in [2.45, 2.75) is 218 Å². The molecule has 0 aromatic heterocycles. The van der Waals surface area contributed by atoms with Crippen molar-refractivity contribution < 1.29 is 70.7 Å². The molecule has 0 unspecified atom stereocenters. The van der Waals surface area contributed by atoms with Crippen LogP contribution in [-0.4, -0.2) is 251 Å². The van der Waals surface area contributed by atoms with Crippen LogP contribution in [0.15, 0.2) is 18.2 Å². The molecule has 1 aromatic carbocycles. The average Bonchev–Trinajstić information content (AvgIpc) is 1.75. The van der Waals surface area contributed by atoms with Gasteiger partial charge in [-0.3, -0.25) is 57.5 Å². The molecule has 8 atom stereocenters. The third kappa shape index (κ3) is 19.9. The summed E-state index contributed by atoms with van der Waals surface area (Å²) in [7, 11) is 9.82. The van der Waals surface area contributed by atoms with Gasteiger partial charge in [-0.2, -0.15) is 13.2 Å². The number of piperidine rings is 1. The van der Waals surface area contributed by atoms with Crippen LogP contribution in [0.3, 0.4) is 0 Å². The fraction of sp³-hybridized carbons (Fsp3) is 0.739. The number of carbonyl (C=O) groups excluding carboxylic acids is 12. The number of hydrogen-bond donors (Lipinski definition) is 3. The lowest BCUT2D eigenvalue weighted by atomic mass is 9.91. The minimum absolute atomic E-state index is 0.0289. The molecule has 1 aromatic rings. The van der Waals surface area contributed by atoms with Crippen LogP contribution in [0.5, 0.6) is 0 Å². The first-order chi connectivity index (χ1) is 45.5. The van der Waals surface area contributed by atoms with E-state index in [4.69, 9.17) is 11.6 Å². The molecule has 24 nitrogen and oxygen atoms in total. The Morgan fingerprint density at radius 2 is 1.25 bits per heavy atom. The molecule has 97 heavy (non-hydrogen) atoms. The van der Waals surface area contributed by atoms with Crippen LogP contribution in [-0.2, 0) is 70.1 Å². The Balaban J connectivity index is 1.41. The summed E-state index contributed by atoms with van der Waals surface area (Å²) in [6.07, 6.45) is 2.48. The van der Waals surface area contributed by atoms with Crippen molar-refractivity contribution in [1.82, 2.24) is 60.0 Å². The van der Waals surface area contributed by atoms with Gasteiger partial charge in [-0.15, -0.1) is 0 Å². The summed E-state index contributed by atoms with van der Waals surface area (Å²) in [5.41, 5.74) is -2.36. The third-order valence-electron chi connectivity index (χ3n) is 20.6. The van der Waals surface area contributed by atoms with Crippen LogP contribution in [0.1, 0.15) is 168 Å². The number of nitrogens with one attached hydrogen (secondary N) is 3. The Labute approximate surface area is 575 Å². The molecule has 2 saturated carbocycles. The lowest BCUT2D eigenvalue weighted by molar-refractivity contribution is -0.156. The largest absolute Gasteiger partial charge is 0.417 e. The number of alkyl halides is 3. The summed E-state index contributed by atoms with van der Waals surface area (Å²) in [6, 6.07) is -5.66. The van der Waals surface area contributed by atoms with E-state index >= 15 is 14.4 Å². The first kappa shape index (κ1) is 78.9. The minimum atomic E-state index is -4.76. The maximum atomic E-state index is 15.4. The molecule has 3 aliphatic heterocycles. The number of nitrogens with zero attached hydrogens (tertiary/aromatic N) is 9. The standard InChI is InChI=1S/C69H106ClF3N12O12/c1-14-44(6)58-65(95)79(9)40-56(88)77(7)41-57(89)81(11)52(37-45-23-16-17-24-45)63(93)78(8)39-54(86)74-49(29-27-46-26-28-47(48(70)36-46)69(71,72)73)62(92)85-34-22-25-50(85)61(91)76-68(30-18-19-31-68)67(97)83(13)59(43(4)5)66(96)82(12)53(64(94)84-32-20-15-21-33-84)38-55(87)80(10)51(35-42(2)3)60(90)75-58/h26,28,36,42-45,49-53,58-59H,14-25,27,29-35,37-41H2,1-13H3,(H,74,86)(H,75,90)(H,76,91)/t44-,49-,50-,51-,52-,53-,58-,59-/m0/s1. The average molecular weight is 1390 g/mol. The molecule has 5 fully saturated rings. The Kier molecular flexibility index (Phi) is 28.2. The molecule has 6 rings (SSSR count). The molecule has 28 heteroatoms. The predicted molar refractivity (Wildman–Crippen MR) is 357 cm³/mol. The van der Waals surface area contributed by atoms with Crippen molar-refractivity contribution in [2.75, 3.05) is 88.6 Å². The topological polar surface area (TPSA) is 270 Å². The lowest BCUT2D eigenvalue weighted by Gasteiger charge is -2.42. The molecule has 542 valence electrons. The highest BCUT2D eigenvalue weighted by Crippen LogP contribution is 2.37. The fourth-order valence-corrected chi connectivity index (χ4v) is 14.7. The molecular formula is C69H106ClF3N12O12. The Bertz CT molecular complexity index is 3030. The zero-order valence-electron chi connectivity index (χ0n) is 59.2. The van der Waals surface area contributed by atoms with Crippen molar-refractivity contribution in [2.24, 2.45) is 23.7 Å². The van der Waals surface area contributed by atoms with Gasteiger partial charge < -0.3 is 60.0 Å². The van der Waals surface area contributed by atoms with Crippen LogP contribution in [0.2, 0.25) is 5.02 Å². The van der Waals surface area contributed by atoms with E-state index in [1.807, 2.05) is 20.8 Å². The number of rotatable bonds is 11. The normalized spacial score (nSPS) is 26.2. The maximum absolute atomic E-state index is 15.4. The number of carbonyl (C=O) groups is 12. The second kappa shape index (κ2) is 34.6. The second-order valence-electron chi connectivity index (χ2n) is 28.7. The second-order valence-corrected chi connectivity index (χ2v) is 29.1. The molecule has 3 heterocycles. The number of likely N-dealkylation sites (N-methyl/N-ethyl adjacent to an activating group) is 7. The van der Waals surface area contributed by atoms with Crippen LogP contribution in [0.4, 0.5) is 13.2 Å². The van der Waals surface area contributed by atoms with Gasteiger partial charge in [0.15, 0.2) is 0 Å². The number of aryl methyl sites for hydroxylation is 1. The summed E-state index contributed by atoms with van der Waals surface area (Å²) in [4.78, 5) is 189. The molecule has 0 radical (unpaired) electrons. The summed E-state index contributed by atoms with van der Waals surface area (Å²) >= 11 is 6.13. The maximum Gasteiger partial charge on any atom is 0.417 e. The highest BCUT2D eigenvalue weighted by atomic mass is 35.5. The van der Waals surface area contributed by atoms with E-state index < -0.39 is 173 Å². The third-order valence-corrected chi connectivity index (χ3v) is 20.9. The van der Waals surface area contributed by atoms with Crippen molar-refractivity contribution in [1.29, 1.82) is 0 Å². The predicted octanol–water partition coefficient (Wildman–Crippen LogP) is 5.11. The molecule has 0 bridgehead atoms. The number of amides is 12. The van der Waals surface area contributed by atoms with Gasteiger partial charge in [0, 0.05) is 69.0 Å². The van der Waals surface area contributed by atoms with Gasteiger partial charge in [-0.1, -0.05) is 104 Å². The van der Waals surface area contributed by atoms with Crippen LogP contribution in [0.25, 0.3) is 0 Å². The molecule has 1 spiro atoms. The smallest absolute Gasteiger partial charge is 0.343 e. The van der Waals surface area contributed by atoms with Crippen LogP contribution >= 0.6 is 11.6 Å². The zero-order valence-corrected chi connectivity index (χ0v) is 60.0. The van der Waals surface area contributed by atoms with E-state index in [1.165, 1.54) is 79.9 Å². The van der Waals surface area contributed by atoms with Gasteiger partial charge in [-0.05, 0) is 112 Å². The molecular weight excluding hydrogens is 1280 g/mol. The Morgan fingerprint density at radius 1 is 0.639 bits per heavy atom. The van der Waals surface area contributed by atoms with Crippen molar-refractivity contribution in [3.8, 4) is 0 Å². The van der Waals surface area contributed by atoms with Crippen molar-refractivity contribution >= 4 is 82.5 Å². The van der Waals surface area contributed by atoms with Gasteiger partial charge in [0.05, 0.1) is 36.6 Å². The zero-order chi connectivity index (χ0) is 72.1. The van der Waals surface area contributed by atoms with Crippen molar-refractivity contribution in [3.05, 3.63) is 34.3 Å². The van der Waals surface area contributed by atoms with E-state index in [2.05, 4.69) is 16.0 Å². The number of fused-ring (bicyclic) bond motifs is 1. The molecule has 3 saturated heterocycles. The van der Waals surface area contributed by atoms with Crippen LogP contribution < -0.4 is 16.0 Å². The quantitative estimate of drug-likeness (QED) is 0.261. The highest BCUT2D eigenvalue weighted by Gasteiger charge is 2.51. The number of halogens is 4. The van der Waals surface area contributed by atoms with Gasteiger partial charge in [0.25, 0.3) is 0 Å². The van der Waals surface area contributed by atoms with E-state index in [-0.39, 0.29) is 63.3 Å². The number of hydrogen-bond acceptors (Lipinski definition) is 12. The fourth-order valence-electron chi connectivity index (χ4n) is 14.4. The number of likely N-dealkylation sites (tertiary alicyclic amines) is 1. The summed E-state index contributed by atoms with van der Waals surface area (Å²) in [5.74, 6) is -9.14. The van der Waals surface area contributed by atoms with E-state index in [0.717, 1.165) is 58.9 Å². The van der Waals surface area contributed by atoms with Crippen molar-refractivity contribution in [3.63, 3.8) is 0 Å². The van der Waals surface area contributed by atoms with Crippen LogP contribution in [0, 0.1) is 23.7 Å². The Morgan fingerprint density at radius 3 is 1.84 bits per heavy atom. The molecule has 2 aliphatic carbocycles. The van der Waals surface area contributed by atoms with Gasteiger partial charge in [-0.25, -0.2) is 0 Å². The minimum Gasteiger partial charge on any atom is -0.343 e. The SMILES string of the molecule is CC[C@H](C)[C@@H]1NC(=O)[C@H](CC(C)C)N(C)C(=O)C[C@@H](C(=O)N2CCCCC2)N(C)C(=O)[C@H](C(C)C)N(C)C(=O)C2(CCCC2)NC(=O)[C@@H]2CCCN2C(=O)[C@H](CCc2ccc(C(F)(F)F)c(Cl)c2)NC(=O)CN(C)C(=O)[C@H](CC2CCCC2)N(C)C(=O)CN(C)C(=O)CN(C)C1=O. The Hall–Kier alpha value is -7.06. The number of benzene rings is 1. The lowest BCUT2D eigenvalue weighted by Crippen LogP contribution is -2.65. The highest BCUT2D eigenvalue weighted by molar-refractivity contribution is 6.31. The van der Waals surface area contributed by atoms with E-state index in [1.54, 1.807) is 25.7 Å². The first-order valence-electron chi connectivity index (χ1n) is 34.7. The molecule has 5 aliphatic rings. The van der Waals surface area contributed by atoms with Gasteiger partial charge in [0.1, 0.15) is 47.8 Å². The first-order valence-corrected chi connectivity index (χ1v) is 35.1. The molecule has 12 amide bonds. The van der Waals surface area contributed by atoms with E-state index in [9.17, 15) is 56.3 Å². The van der Waals surface area contributed by atoms with E-state index in [0.29, 0.717) is 57.2 Å². The monoisotopic (exact) mass is 1390 g/mol.